The topological polar surface area (TPSA) is 29.9 Å². The first-order valence-electron chi connectivity index (χ1n) is 5.27. The van der Waals surface area contributed by atoms with Gasteiger partial charge in [-0.25, -0.2) is 9.07 Å². The van der Waals surface area contributed by atoms with Crippen LogP contribution in [0.3, 0.4) is 0 Å². The van der Waals surface area contributed by atoms with Gasteiger partial charge in [-0.1, -0.05) is 11.6 Å². The molecule has 1 heterocycles. The van der Waals surface area contributed by atoms with Gasteiger partial charge in [0, 0.05) is 23.9 Å². The first-order valence-corrected chi connectivity index (χ1v) is 5.65. The predicted molar refractivity (Wildman–Crippen MR) is 66.0 cm³/mol. The lowest BCUT2D eigenvalue weighted by Gasteiger charge is -2.06. The van der Waals surface area contributed by atoms with Gasteiger partial charge in [-0.05, 0) is 26.1 Å². The van der Waals surface area contributed by atoms with Crippen LogP contribution in [0, 0.1) is 12.7 Å². The Labute approximate surface area is 104 Å². The Morgan fingerprint density at radius 2 is 2.24 bits per heavy atom. The summed E-state index contributed by atoms with van der Waals surface area (Å²) in [7, 11) is 1.87. The van der Waals surface area contributed by atoms with Crippen LogP contribution in [0.1, 0.15) is 11.3 Å². The van der Waals surface area contributed by atoms with Crippen LogP contribution in [0.5, 0.6) is 0 Å². The van der Waals surface area contributed by atoms with Crippen LogP contribution in [0.25, 0.3) is 5.69 Å². The summed E-state index contributed by atoms with van der Waals surface area (Å²) in [5.74, 6) is -0.436. The standard InChI is InChI=1S/C12H13ClFN3/c1-8-9(6-15-2)7-16-17(8)10-3-4-11(13)12(14)5-10/h3-5,7,15H,6H2,1-2H3. The number of aromatic nitrogens is 2. The summed E-state index contributed by atoms with van der Waals surface area (Å²) >= 11 is 5.65. The van der Waals surface area contributed by atoms with E-state index in [4.69, 9.17) is 11.6 Å². The molecule has 0 aliphatic carbocycles. The molecule has 0 radical (unpaired) electrons. The zero-order valence-electron chi connectivity index (χ0n) is 9.67. The molecule has 0 unspecified atom stereocenters. The third-order valence-corrected chi connectivity index (χ3v) is 2.93. The molecule has 1 aromatic carbocycles. The second kappa shape index (κ2) is 4.85. The summed E-state index contributed by atoms with van der Waals surface area (Å²) in [5.41, 5.74) is 2.75. The van der Waals surface area contributed by atoms with Crippen molar-refractivity contribution in [1.29, 1.82) is 0 Å². The second-order valence-corrected chi connectivity index (χ2v) is 4.20. The first-order chi connectivity index (χ1) is 8.13. The van der Waals surface area contributed by atoms with Gasteiger partial charge in [-0.15, -0.1) is 0 Å². The number of benzene rings is 1. The van der Waals surface area contributed by atoms with Gasteiger partial charge in [0.05, 0.1) is 16.9 Å². The maximum atomic E-state index is 13.4. The van der Waals surface area contributed by atoms with E-state index in [9.17, 15) is 4.39 Å². The van der Waals surface area contributed by atoms with E-state index in [1.54, 1.807) is 16.9 Å². The van der Waals surface area contributed by atoms with Crippen molar-refractivity contribution in [2.75, 3.05) is 7.05 Å². The molecule has 0 aliphatic heterocycles. The van der Waals surface area contributed by atoms with Crippen molar-refractivity contribution in [3.05, 3.63) is 46.5 Å². The summed E-state index contributed by atoms with van der Waals surface area (Å²) in [5, 5.41) is 7.42. The molecule has 0 amide bonds. The average Bonchev–Trinajstić information content (AvgIpc) is 2.66. The van der Waals surface area contributed by atoms with Crippen LogP contribution in [-0.2, 0) is 6.54 Å². The lowest BCUT2D eigenvalue weighted by molar-refractivity contribution is 0.625. The Balaban J connectivity index is 2.42. The number of nitrogens with one attached hydrogen (secondary N) is 1. The minimum absolute atomic E-state index is 0.119. The molecule has 0 saturated heterocycles. The average molecular weight is 254 g/mol. The molecular formula is C12H13ClFN3. The van der Waals surface area contributed by atoms with E-state index in [0.29, 0.717) is 5.69 Å². The van der Waals surface area contributed by atoms with E-state index in [-0.39, 0.29) is 5.02 Å². The molecule has 0 aliphatic rings. The van der Waals surface area contributed by atoms with Gasteiger partial charge in [-0.2, -0.15) is 5.10 Å². The van der Waals surface area contributed by atoms with Crippen LogP contribution in [-0.4, -0.2) is 16.8 Å². The van der Waals surface area contributed by atoms with E-state index in [0.717, 1.165) is 17.8 Å². The lowest BCUT2D eigenvalue weighted by atomic mass is 10.2. The molecule has 0 bridgehead atoms. The van der Waals surface area contributed by atoms with E-state index in [1.165, 1.54) is 12.1 Å². The Hall–Kier alpha value is -1.39. The van der Waals surface area contributed by atoms with Crippen LogP contribution in [0.2, 0.25) is 5.02 Å². The minimum Gasteiger partial charge on any atom is -0.316 e. The van der Waals surface area contributed by atoms with E-state index < -0.39 is 5.82 Å². The highest BCUT2D eigenvalue weighted by atomic mass is 35.5. The largest absolute Gasteiger partial charge is 0.316 e. The number of halogens is 2. The summed E-state index contributed by atoms with van der Waals surface area (Å²) in [6.45, 7) is 2.69. The van der Waals surface area contributed by atoms with Crippen molar-refractivity contribution < 1.29 is 4.39 Å². The summed E-state index contributed by atoms with van der Waals surface area (Å²) in [6, 6.07) is 4.66. The zero-order valence-corrected chi connectivity index (χ0v) is 10.4. The maximum Gasteiger partial charge on any atom is 0.143 e. The quantitative estimate of drug-likeness (QED) is 0.912. The molecule has 3 nitrogen and oxygen atoms in total. The van der Waals surface area contributed by atoms with E-state index >= 15 is 0 Å². The molecule has 90 valence electrons. The van der Waals surface area contributed by atoms with Crippen LogP contribution in [0.4, 0.5) is 4.39 Å². The molecule has 2 aromatic rings. The predicted octanol–water partition coefficient (Wildman–Crippen LogP) is 2.69. The summed E-state index contributed by atoms with van der Waals surface area (Å²) in [4.78, 5) is 0. The lowest BCUT2D eigenvalue weighted by Crippen LogP contribution is -2.06. The van der Waals surface area contributed by atoms with Gasteiger partial charge >= 0.3 is 0 Å². The number of hydrogen-bond donors (Lipinski definition) is 1. The number of hydrogen-bond acceptors (Lipinski definition) is 2. The summed E-state index contributed by atoms with van der Waals surface area (Å²) < 4.78 is 15.1. The molecule has 2 rings (SSSR count). The van der Waals surface area contributed by atoms with E-state index in [1.807, 2.05) is 14.0 Å². The fourth-order valence-electron chi connectivity index (χ4n) is 1.68. The molecule has 0 atom stereocenters. The van der Waals surface area contributed by atoms with Crippen molar-refractivity contribution in [3.63, 3.8) is 0 Å². The second-order valence-electron chi connectivity index (χ2n) is 3.80. The third kappa shape index (κ3) is 2.33. The Kier molecular flexibility index (Phi) is 3.45. The monoisotopic (exact) mass is 253 g/mol. The number of rotatable bonds is 3. The van der Waals surface area contributed by atoms with Gasteiger partial charge in [0.25, 0.3) is 0 Å². The van der Waals surface area contributed by atoms with Gasteiger partial charge in [0.2, 0.25) is 0 Å². The Morgan fingerprint density at radius 3 is 2.88 bits per heavy atom. The van der Waals surface area contributed by atoms with Crippen molar-refractivity contribution >= 4 is 11.6 Å². The van der Waals surface area contributed by atoms with Crippen molar-refractivity contribution in [2.24, 2.45) is 0 Å². The Morgan fingerprint density at radius 1 is 1.47 bits per heavy atom. The zero-order chi connectivity index (χ0) is 12.4. The SMILES string of the molecule is CNCc1cnn(-c2ccc(Cl)c(F)c2)c1C. The third-order valence-electron chi connectivity index (χ3n) is 2.63. The molecule has 0 saturated carbocycles. The van der Waals surface area contributed by atoms with Gasteiger partial charge in [-0.3, -0.25) is 0 Å². The van der Waals surface area contributed by atoms with Gasteiger partial charge in [0.15, 0.2) is 0 Å². The van der Waals surface area contributed by atoms with Crippen molar-refractivity contribution in [2.45, 2.75) is 13.5 Å². The van der Waals surface area contributed by atoms with E-state index in [2.05, 4.69) is 10.4 Å². The molecular weight excluding hydrogens is 241 g/mol. The molecule has 17 heavy (non-hydrogen) atoms. The van der Waals surface area contributed by atoms with Crippen LogP contribution >= 0.6 is 11.6 Å². The smallest absolute Gasteiger partial charge is 0.143 e. The van der Waals surface area contributed by atoms with Crippen molar-refractivity contribution in [3.8, 4) is 5.69 Å². The summed E-state index contributed by atoms with van der Waals surface area (Å²) in [6.07, 6.45) is 1.78. The molecule has 1 aromatic heterocycles. The highest BCUT2D eigenvalue weighted by Gasteiger charge is 2.09. The highest BCUT2D eigenvalue weighted by Crippen LogP contribution is 2.20. The highest BCUT2D eigenvalue weighted by molar-refractivity contribution is 6.30. The van der Waals surface area contributed by atoms with Crippen LogP contribution in [0.15, 0.2) is 24.4 Å². The van der Waals surface area contributed by atoms with Crippen molar-refractivity contribution in [1.82, 2.24) is 15.1 Å². The molecule has 0 spiro atoms. The maximum absolute atomic E-state index is 13.4. The normalized spacial score (nSPS) is 10.8. The fourth-order valence-corrected chi connectivity index (χ4v) is 1.80. The van der Waals surface area contributed by atoms with Gasteiger partial charge in [0.1, 0.15) is 5.82 Å². The van der Waals surface area contributed by atoms with Crippen LogP contribution < -0.4 is 5.32 Å². The minimum atomic E-state index is -0.436. The molecule has 5 heteroatoms. The Bertz CT molecular complexity index is 537. The van der Waals surface area contributed by atoms with Gasteiger partial charge < -0.3 is 5.32 Å². The first kappa shape index (κ1) is 12.1. The number of nitrogens with zero attached hydrogens (tertiary/aromatic N) is 2. The fraction of sp³-hybridized carbons (Fsp3) is 0.250. The molecule has 1 N–H and O–H groups in total. The molecule has 0 fully saturated rings.